The number of rotatable bonds is 9. The average Bonchev–Trinajstić information content (AvgIpc) is 3.20. The standard InChI is InChI=1S/C22H30F3N9O/c1-4-16-18-19(34(31-16)11-12-35-14-22(23,24)25)20(28-17-13-26-7-8-27-17)30-21(29-18)33(3)15-5-9-32(2)10-6-15/h7-8,13,15H,4-6,9-12,14H2,1-3H3,(H,27,28,29,30). The molecule has 1 N–H and O–H groups in total. The van der Waals surface area contributed by atoms with Crippen LogP contribution in [-0.4, -0.2) is 87.2 Å². The average molecular weight is 494 g/mol. The lowest BCUT2D eigenvalue weighted by Gasteiger charge is -2.35. The first kappa shape index (κ1) is 25.0. The second kappa shape index (κ2) is 10.7. The zero-order valence-electron chi connectivity index (χ0n) is 20.1. The van der Waals surface area contributed by atoms with Gasteiger partial charge in [-0.1, -0.05) is 6.92 Å². The number of alkyl halides is 3. The molecule has 0 radical (unpaired) electrons. The van der Waals surface area contributed by atoms with E-state index in [4.69, 9.17) is 14.7 Å². The summed E-state index contributed by atoms with van der Waals surface area (Å²) < 4.78 is 43.9. The van der Waals surface area contributed by atoms with Crippen molar-refractivity contribution >= 4 is 28.6 Å². The van der Waals surface area contributed by atoms with Crippen LogP contribution in [0.5, 0.6) is 0 Å². The fourth-order valence-electron chi connectivity index (χ4n) is 4.15. The maximum Gasteiger partial charge on any atom is 0.411 e. The molecule has 0 amide bonds. The quantitative estimate of drug-likeness (QED) is 0.451. The van der Waals surface area contributed by atoms with Crippen LogP contribution in [0.2, 0.25) is 0 Å². The normalized spacial score (nSPS) is 15.6. The minimum absolute atomic E-state index is 0.120. The van der Waals surface area contributed by atoms with E-state index in [1.54, 1.807) is 23.3 Å². The van der Waals surface area contributed by atoms with E-state index in [1.807, 2.05) is 14.0 Å². The van der Waals surface area contributed by atoms with Crippen molar-refractivity contribution in [3.8, 4) is 0 Å². The van der Waals surface area contributed by atoms with Gasteiger partial charge in [0.05, 0.1) is 25.0 Å². The van der Waals surface area contributed by atoms with Crippen molar-refractivity contribution in [1.82, 2.24) is 34.6 Å². The Morgan fingerprint density at radius 1 is 1.20 bits per heavy atom. The highest BCUT2D eigenvalue weighted by molar-refractivity contribution is 5.90. The maximum atomic E-state index is 12.5. The summed E-state index contributed by atoms with van der Waals surface area (Å²) in [5, 5.41) is 7.82. The number of aryl methyl sites for hydroxylation is 1. The fourth-order valence-corrected chi connectivity index (χ4v) is 4.15. The van der Waals surface area contributed by atoms with Gasteiger partial charge in [-0.3, -0.25) is 9.67 Å². The molecule has 4 heterocycles. The Morgan fingerprint density at radius 2 is 1.97 bits per heavy atom. The summed E-state index contributed by atoms with van der Waals surface area (Å²) in [6, 6.07) is 0.295. The molecule has 4 rings (SSSR count). The van der Waals surface area contributed by atoms with Crippen molar-refractivity contribution in [2.75, 3.05) is 50.6 Å². The highest BCUT2D eigenvalue weighted by Gasteiger charge is 2.28. The molecular formula is C22H30F3N9O. The van der Waals surface area contributed by atoms with E-state index in [0.29, 0.717) is 41.1 Å². The highest BCUT2D eigenvalue weighted by Crippen LogP contribution is 2.30. The number of hydrogen-bond donors (Lipinski definition) is 1. The first-order chi connectivity index (χ1) is 16.7. The van der Waals surface area contributed by atoms with E-state index < -0.39 is 12.8 Å². The van der Waals surface area contributed by atoms with E-state index in [0.717, 1.165) is 31.6 Å². The van der Waals surface area contributed by atoms with Crippen LogP contribution in [0.25, 0.3) is 11.0 Å². The first-order valence-corrected chi connectivity index (χ1v) is 11.6. The fraction of sp³-hybridized carbons (Fsp3) is 0.591. The number of ether oxygens (including phenoxy) is 1. The minimum atomic E-state index is -4.38. The summed E-state index contributed by atoms with van der Waals surface area (Å²) in [6.45, 7) is 2.62. The Morgan fingerprint density at radius 3 is 2.63 bits per heavy atom. The number of nitrogens with one attached hydrogen (secondary N) is 1. The minimum Gasteiger partial charge on any atom is -0.370 e. The third kappa shape index (κ3) is 6.14. The Hall–Kier alpha value is -3.06. The lowest BCUT2D eigenvalue weighted by Crippen LogP contribution is -2.42. The van der Waals surface area contributed by atoms with Gasteiger partial charge >= 0.3 is 6.18 Å². The third-order valence-corrected chi connectivity index (χ3v) is 6.05. The molecule has 3 aromatic heterocycles. The van der Waals surface area contributed by atoms with Gasteiger partial charge in [0.2, 0.25) is 5.95 Å². The monoisotopic (exact) mass is 493 g/mol. The zero-order chi connectivity index (χ0) is 25.0. The van der Waals surface area contributed by atoms with Crippen LogP contribution in [0, 0.1) is 0 Å². The van der Waals surface area contributed by atoms with Gasteiger partial charge in [-0.2, -0.15) is 23.3 Å². The molecule has 0 saturated carbocycles. The van der Waals surface area contributed by atoms with Crippen LogP contribution >= 0.6 is 0 Å². The Bertz CT molecular complexity index is 1110. The number of halogens is 3. The van der Waals surface area contributed by atoms with Crippen molar-refractivity contribution in [2.24, 2.45) is 0 Å². The lowest BCUT2D eigenvalue weighted by molar-refractivity contribution is -0.174. The van der Waals surface area contributed by atoms with Crippen molar-refractivity contribution in [3.05, 3.63) is 24.3 Å². The molecule has 0 aromatic carbocycles. The molecule has 13 heteroatoms. The predicted octanol–water partition coefficient (Wildman–Crippen LogP) is 3.03. The maximum absolute atomic E-state index is 12.5. The van der Waals surface area contributed by atoms with E-state index in [1.165, 1.54) is 0 Å². The van der Waals surface area contributed by atoms with Gasteiger partial charge in [-0.15, -0.1) is 0 Å². The molecule has 1 fully saturated rings. The molecule has 0 aliphatic carbocycles. The molecular weight excluding hydrogens is 463 g/mol. The molecule has 0 bridgehead atoms. The molecule has 35 heavy (non-hydrogen) atoms. The van der Waals surface area contributed by atoms with Crippen molar-refractivity contribution in [2.45, 2.75) is 44.9 Å². The van der Waals surface area contributed by atoms with Crippen LogP contribution in [0.15, 0.2) is 18.6 Å². The topological polar surface area (TPSA) is 97.1 Å². The molecule has 1 aliphatic rings. The molecule has 0 spiro atoms. The van der Waals surface area contributed by atoms with Crippen molar-refractivity contribution < 1.29 is 17.9 Å². The number of anilines is 3. The summed E-state index contributed by atoms with van der Waals surface area (Å²) >= 11 is 0. The van der Waals surface area contributed by atoms with E-state index in [2.05, 4.69) is 37.2 Å². The summed E-state index contributed by atoms with van der Waals surface area (Å²) in [5.74, 6) is 1.51. The van der Waals surface area contributed by atoms with Crippen LogP contribution in [0.3, 0.4) is 0 Å². The number of nitrogens with zero attached hydrogens (tertiary/aromatic N) is 8. The van der Waals surface area contributed by atoms with Gasteiger partial charge < -0.3 is 19.9 Å². The van der Waals surface area contributed by atoms with Crippen LogP contribution in [0.1, 0.15) is 25.5 Å². The number of aromatic nitrogens is 6. The van der Waals surface area contributed by atoms with Gasteiger partial charge in [0.25, 0.3) is 0 Å². The number of fused-ring (bicyclic) bond motifs is 1. The second-order valence-electron chi connectivity index (χ2n) is 8.62. The van der Waals surface area contributed by atoms with Gasteiger partial charge in [0.1, 0.15) is 23.5 Å². The number of hydrogen-bond acceptors (Lipinski definition) is 9. The molecule has 1 saturated heterocycles. The van der Waals surface area contributed by atoms with Crippen molar-refractivity contribution in [3.63, 3.8) is 0 Å². The van der Waals surface area contributed by atoms with Crippen LogP contribution in [0.4, 0.5) is 30.8 Å². The Labute approximate surface area is 201 Å². The Kier molecular flexibility index (Phi) is 7.65. The lowest BCUT2D eigenvalue weighted by atomic mass is 10.0. The van der Waals surface area contributed by atoms with Crippen molar-refractivity contribution in [1.29, 1.82) is 0 Å². The predicted molar refractivity (Wildman–Crippen MR) is 126 cm³/mol. The molecule has 190 valence electrons. The van der Waals surface area contributed by atoms with E-state index >= 15 is 0 Å². The summed E-state index contributed by atoms with van der Waals surface area (Å²) in [6.07, 6.45) is 2.92. The van der Waals surface area contributed by atoms with E-state index in [9.17, 15) is 13.2 Å². The van der Waals surface area contributed by atoms with Gasteiger partial charge in [0.15, 0.2) is 5.82 Å². The van der Waals surface area contributed by atoms with Crippen LogP contribution < -0.4 is 10.2 Å². The number of piperidine rings is 1. The zero-order valence-corrected chi connectivity index (χ0v) is 20.1. The molecule has 0 unspecified atom stereocenters. The Balaban J connectivity index is 1.70. The summed E-state index contributed by atoms with van der Waals surface area (Å²) in [5.41, 5.74) is 1.97. The van der Waals surface area contributed by atoms with E-state index in [-0.39, 0.29) is 13.2 Å². The largest absolute Gasteiger partial charge is 0.411 e. The van der Waals surface area contributed by atoms with Crippen LogP contribution in [-0.2, 0) is 17.7 Å². The molecule has 1 aliphatic heterocycles. The van der Waals surface area contributed by atoms with Gasteiger partial charge in [0, 0.05) is 25.5 Å². The molecule has 3 aromatic rings. The highest BCUT2D eigenvalue weighted by atomic mass is 19.4. The SMILES string of the molecule is CCc1nn(CCOCC(F)(F)F)c2c(Nc3cnccn3)nc(N(C)C3CCN(C)CC3)nc12. The second-order valence-corrected chi connectivity index (χ2v) is 8.62. The molecule has 10 nitrogen and oxygen atoms in total. The number of likely N-dealkylation sites (tertiary alicyclic amines) is 1. The summed E-state index contributed by atoms with van der Waals surface area (Å²) in [4.78, 5) is 22.4. The van der Waals surface area contributed by atoms with Gasteiger partial charge in [-0.05, 0) is 39.4 Å². The van der Waals surface area contributed by atoms with Gasteiger partial charge in [-0.25, -0.2) is 9.97 Å². The molecule has 0 atom stereocenters. The third-order valence-electron chi connectivity index (χ3n) is 6.05. The summed E-state index contributed by atoms with van der Waals surface area (Å²) in [7, 11) is 4.10. The smallest absolute Gasteiger partial charge is 0.370 e. The first-order valence-electron chi connectivity index (χ1n) is 11.6.